The number of nitrogens with one attached hydrogen (secondary N) is 2. The molecule has 0 saturated heterocycles. The molecule has 0 heterocycles. The highest BCUT2D eigenvalue weighted by molar-refractivity contribution is 7.99. The van der Waals surface area contributed by atoms with Crippen LogP contribution in [0.2, 0.25) is 0 Å². The Morgan fingerprint density at radius 1 is 1.43 bits per heavy atom. The molecule has 3 N–H and O–H groups in total. The molecular formula is C17H27N3O2S. The van der Waals surface area contributed by atoms with Crippen molar-refractivity contribution in [3.8, 4) is 11.5 Å². The Hall–Kier alpha value is -1.56. The first-order valence-corrected chi connectivity index (χ1v) is 9.31. The number of phenolic OH excluding ortho intramolecular Hbond substituents is 1. The van der Waals surface area contributed by atoms with Crippen molar-refractivity contribution >= 4 is 17.7 Å². The average Bonchev–Trinajstić information content (AvgIpc) is 3.02. The highest BCUT2D eigenvalue weighted by atomic mass is 32.2. The van der Waals surface area contributed by atoms with Gasteiger partial charge in [-0.05, 0) is 43.6 Å². The molecule has 1 saturated carbocycles. The minimum absolute atomic E-state index is 0.271. The van der Waals surface area contributed by atoms with Crippen LogP contribution in [0, 0.1) is 0 Å². The molecular weight excluding hydrogens is 310 g/mol. The van der Waals surface area contributed by atoms with Crippen molar-refractivity contribution in [1.29, 1.82) is 0 Å². The van der Waals surface area contributed by atoms with Crippen molar-refractivity contribution < 1.29 is 9.84 Å². The molecule has 6 heteroatoms. The number of nitrogens with zero attached hydrogens (tertiary/aromatic N) is 1. The summed E-state index contributed by atoms with van der Waals surface area (Å²) in [4.78, 5) is 4.29. The van der Waals surface area contributed by atoms with Gasteiger partial charge in [0.25, 0.3) is 0 Å². The van der Waals surface area contributed by atoms with Gasteiger partial charge in [-0.25, -0.2) is 0 Å². The maximum absolute atomic E-state index is 9.98. The summed E-state index contributed by atoms with van der Waals surface area (Å²) in [6.45, 7) is 0.720. The number of hydrogen-bond donors (Lipinski definition) is 3. The van der Waals surface area contributed by atoms with Crippen molar-refractivity contribution in [1.82, 2.24) is 10.6 Å². The second-order valence-electron chi connectivity index (χ2n) is 5.76. The molecule has 0 spiro atoms. The lowest BCUT2D eigenvalue weighted by Gasteiger charge is -2.17. The number of hydrogen-bond acceptors (Lipinski definition) is 4. The van der Waals surface area contributed by atoms with E-state index in [0.717, 1.165) is 29.7 Å². The summed E-state index contributed by atoms with van der Waals surface area (Å²) in [6.07, 6.45) is 6.58. The molecule has 2 unspecified atom stereocenters. The minimum atomic E-state index is 0.271. The second-order valence-corrected chi connectivity index (χ2v) is 6.89. The Kier molecular flexibility index (Phi) is 6.89. The van der Waals surface area contributed by atoms with Gasteiger partial charge in [-0.2, -0.15) is 11.8 Å². The highest BCUT2D eigenvalue weighted by Gasteiger charge is 2.24. The van der Waals surface area contributed by atoms with E-state index in [0.29, 0.717) is 11.8 Å². The van der Waals surface area contributed by atoms with Crippen molar-refractivity contribution in [3.05, 3.63) is 23.8 Å². The fraction of sp³-hybridized carbons (Fsp3) is 0.588. The van der Waals surface area contributed by atoms with Crippen LogP contribution in [0.1, 0.15) is 24.8 Å². The minimum Gasteiger partial charge on any atom is -0.508 e. The highest BCUT2D eigenvalue weighted by Crippen LogP contribution is 2.28. The number of guanidine groups is 1. The van der Waals surface area contributed by atoms with Gasteiger partial charge in [0.15, 0.2) is 5.96 Å². The number of phenols is 1. The van der Waals surface area contributed by atoms with Gasteiger partial charge in [0, 0.05) is 31.0 Å². The van der Waals surface area contributed by atoms with Crippen LogP contribution in [0.5, 0.6) is 11.5 Å². The van der Waals surface area contributed by atoms with E-state index in [1.807, 2.05) is 23.9 Å². The molecule has 0 aliphatic heterocycles. The fourth-order valence-electron chi connectivity index (χ4n) is 2.87. The molecule has 0 aromatic heterocycles. The summed E-state index contributed by atoms with van der Waals surface area (Å²) in [7, 11) is 3.39. The summed E-state index contributed by atoms with van der Waals surface area (Å²) in [5, 5.41) is 17.6. The van der Waals surface area contributed by atoms with Gasteiger partial charge in [-0.3, -0.25) is 4.99 Å². The van der Waals surface area contributed by atoms with E-state index in [2.05, 4.69) is 21.9 Å². The van der Waals surface area contributed by atoms with Gasteiger partial charge in [0.1, 0.15) is 11.5 Å². The van der Waals surface area contributed by atoms with E-state index in [1.54, 1.807) is 20.2 Å². The first kappa shape index (κ1) is 17.8. The lowest BCUT2D eigenvalue weighted by atomic mass is 10.1. The molecule has 1 aromatic carbocycles. The maximum atomic E-state index is 9.98. The molecule has 1 aromatic rings. The zero-order chi connectivity index (χ0) is 16.7. The molecule has 128 valence electrons. The average molecular weight is 337 g/mol. The van der Waals surface area contributed by atoms with Crippen LogP contribution in [0.4, 0.5) is 0 Å². The van der Waals surface area contributed by atoms with Gasteiger partial charge >= 0.3 is 0 Å². The lowest BCUT2D eigenvalue weighted by molar-refractivity contribution is 0.406. The van der Waals surface area contributed by atoms with Crippen LogP contribution in [-0.2, 0) is 6.42 Å². The second kappa shape index (κ2) is 8.91. The van der Waals surface area contributed by atoms with Gasteiger partial charge < -0.3 is 20.5 Å². The van der Waals surface area contributed by atoms with E-state index in [1.165, 1.54) is 19.3 Å². The zero-order valence-electron chi connectivity index (χ0n) is 14.1. The van der Waals surface area contributed by atoms with Crippen LogP contribution in [-0.4, -0.2) is 49.3 Å². The van der Waals surface area contributed by atoms with Crippen LogP contribution in [0.3, 0.4) is 0 Å². The number of aliphatic imine (C=N–C) groups is 1. The van der Waals surface area contributed by atoms with Crippen molar-refractivity contribution in [2.24, 2.45) is 4.99 Å². The van der Waals surface area contributed by atoms with E-state index in [-0.39, 0.29) is 5.75 Å². The summed E-state index contributed by atoms with van der Waals surface area (Å²) < 4.78 is 5.10. The molecule has 5 nitrogen and oxygen atoms in total. The summed E-state index contributed by atoms with van der Waals surface area (Å²) in [6, 6.07) is 5.91. The van der Waals surface area contributed by atoms with E-state index in [4.69, 9.17) is 4.74 Å². The smallest absolute Gasteiger partial charge is 0.191 e. The molecule has 2 rings (SSSR count). The van der Waals surface area contributed by atoms with Gasteiger partial charge in [0.05, 0.1) is 7.11 Å². The number of thioether (sulfide) groups is 1. The Bertz CT molecular complexity index is 537. The summed E-state index contributed by atoms with van der Waals surface area (Å²) in [5.41, 5.74) is 0.900. The Labute approximate surface area is 142 Å². The first-order valence-electron chi connectivity index (χ1n) is 8.02. The third-order valence-electron chi connectivity index (χ3n) is 4.26. The normalized spacial score (nSPS) is 21.3. The Morgan fingerprint density at radius 3 is 2.87 bits per heavy atom. The van der Waals surface area contributed by atoms with Crippen molar-refractivity contribution in [2.75, 3.05) is 27.0 Å². The summed E-state index contributed by atoms with van der Waals surface area (Å²) in [5.74, 6) is 1.78. The van der Waals surface area contributed by atoms with Gasteiger partial charge in [-0.1, -0.05) is 6.07 Å². The van der Waals surface area contributed by atoms with Crippen molar-refractivity contribution in [3.63, 3.8) is 0 Å². The van der Waals surface area contributed by atoms with Gasteiger partial charge in [0.2, 0.25) is 0 Å². The number of ether oxygens (including phenoxy) is 1. The third kappa shape index (κ3) is 5.23. The first-order chi connectivity index (χ1) is 11.2. The number of rotatable bonds is 6. The predicted molar refractivity (Wildman–Crippen MR) is 97.8 cm³/mol. The standard InChI is InChI=1S/C17H27N3O2S/c1-18-17(20-13-5-7-15(10-13)23-3)19-9-8-12-4-6-14(22-2)11-16(12)21/h4,6,11,13,15,21H,5,7-10H2,1-3H3,(H2,18,19,20). The fourth-order valence-corrected chi connectivity index (χ4v) is 3.67. The van der Waals surface area contributed by atoms with E-state index in [9.17, 15) is 5.11 Å². The molecule has 0 amide bonds. The Balaban J connectivity index is 1.78. The molecule has 23 heavy (non-hydrogen) atoms. The maximum Gasteiger partial charge on any atom is 0.191 e. The number of methoxy groups -OCH3 is 1. The quantitative estimate of drug-likeness (QED) is 0.549. The molecule has 2 atom stereocenters. The molecule has 1 aliphatic carbocycles. The van der Waals surface area contributed by atoms with E-state index >= 15 is 0 Å². The molecule has 0 bridgehead atoms. The SMILES string of the molecule is CN=C(NCCc1ccc(OC)cc1O)NC1CCC(SC)C1. The zero-order valence-corrected chi connectivity index (χ0v) is 14.9. The van der Waals surface area contributed by atoms with Crippen molar-refractivity contribution in [2.45, 2.75) is 37.0 Å². The van der Waals surface area contributed by atoms with Crippen LogP contribution in [0.25, 0.3) is 0 Å². The van der Waals surface area contributed by atoms with E-state index < -0.39 is 0 Å². The molecule has 1 aliphatic rings. The predicted octanol–water partition coefficient (Wildman–Crippen LogP) is 2.39. The monoisotopic (exact) mass is 337 g/mol. The number of benzene rings is 1. The van der Waals surface area contributed by atoms with Crippen LogP contribution in [0.15, 0.2) is 23.2 Å². The largest absolute Gasteiger partial charge is 0.508 e. The molecule has 0 radical (unpaired) electrons. The number of aromatic hydroxyl groups is 1. The van der Waals surface area contributed by atoms with Crippen LogP contribution < -0.4 is 15.4 Å². The topological polar surface area (TPSA) is 65.9 Å². The third-order valence-corrected chi connectivity index (χ3v) is 5.36. The van der Waals surface area contributed by atoms with Gasteiger partial charge in [-0.15, -0.1) is 0 Å². The molecule has 1 fully saturated rings. The lowest BCUT2D eigenvalue weighted by Crippen LogP contribution is -2.43. The van der Waals surface area contributed by atoms with Crippen LogP contribution >= 0.6 is 11.8 Å². The Morgan fingerprint density at radius 2 is 2.26 bits per heavy atom. The summed E-state index contributed by atoms with van der Waals surface area (Å²) >= 11 is 1.95.